The Bertz CT molecular complexity index is 198. The van der Waals surface area contributed by atoms with Gasteiger partial charge in [0.1, 0.15) is 0 Å². The molecule has 0 aromatic carbocycles. The fraction of sp³-hybridized carbons (Fsp3) is 0.200. The second-order valence-corrected chi connectivity index (χ2v) is 4.40. The van der Waals surface area contributed by atoms with E-state index in [1.165, 1.54) is 0 Å². The first kappa shape index (κ1) is 6.07. The van der Waals surface area contributed by atoms with Crippen LogP contribution in [0.1, 0.15) is 0 Å². The van der Waals surface area contributed by atoms with Crippen LogP contribution >= 0.6 is 19.4 Å². The molecule has 0 unspecified atom stereocenters. The van der Waals surface area contributed by atoms with Crippen LogP contribution in [0.2, 0.25) is 0 Å². The Balaban J connectivity index is 2.72. The van der Waals surface area contributed by atoms with Crippen LogP contribution in [0, 0.1) is 0 Å². The lowest BCUT2D eigenvalue weighted by atomic mass is 10.5. The summed E-state index contributed by atoms with van der Waals surface area (Å²) in [5, 5.41) is 2.87. The van der Waals surface area contributed by atoms with Crippen molar-refractivity contribution in [2.24, 2.45) is 0 Å². The molecule has 1 aliphatic heterocycles. The Kier molecular flexibility index (Phi) is 1.88. The molecule has 0 spiro atoms. The van der Waals surface area contributed by atoms with Gasteiger partial charge in [0, 0.05) is 36.2 Å². The quantitative estimate of drug-likeness (QED) is 0.661. The van der Waals surface area contributed by atoms with Gasteiger partial charge in [-0.15, -0.1) is 0 Å². The van der Waals surface area contributed by atoms with E-state index in [2.05, 4.69) is 5.32 Å². The van der Waals surface area contributed by atoms with Crippen LogP contribution in [0.4, 0.5) is 2.86 Å². The van der Waals surface area contributed by atoms with Crippen molar-refractivity contribution in [3.05, 3.63) is 11.8 Å². The fourth-order valence-electron chi connectivity index (χ4n) is 0.451. The van der Waals surface area contributed by atoms with Gasteiger partial charge in [0.15, 0.2) is 0 Å². The van der Waals surface area contributed by atoms with E-state index in [9.17, 15) is 2.86 Å². The Morgan fingerprint density at radius 3 is 2.75 bits per heavy atom. The largest absolute Gasteiger partial charge is 0.388 e. The molecule has 1 heterocycles. The molecule has 0 aromatic heterocycles. The zero-order valence-electron chi connectivity index (χ0n) is 4.49. The van der Waals surface area contributed by atoms with Crippen molar-refractivity contribution in [2.75, 3.05) is 7.05 Å². The van der Waals surface area contributed by atoms with Gasteiger partial charge in [0.25, 0.3) is 0 Å². The molecular formula is C5H7FIN. The zero-order chi connectivity index (χ0) is 5.98. The molecule has 0 saturated carbocycles. The van der Waals surface area contributed by atoms with Gasteiger partial charge in [-0.1, -0.05) is 0 Å². The van der Waals surface area contributed by atoms with E-state index in [1.807, 2.05) is 0 Å². The predicted molar refractivity (Wildman–Crippen MR) is 44.4 cm³/mol. The van der Waals surface area contributed by atoms with Gasteiger partial charge in [-0.25, -0.2) is 0 Å². The van der Waals surface area contributed by atoms with Crippen LogP contribution in [0.5, 0.6) is 0 Å². The summed E-state index contributed by atoms with van der Waals surface area (Å²) in [4.78, 5) is 0. The number of hydrogen-bond donors (Lipinski definition) is 1. The van der Waals surface area contributed by atoms with E-state index in [-0.39, 0.29) is 0 Å². The molecule has 0 aliphatic carbocycles. The number of rotatable bonds is 1. The molecule has 46 valence electrons. The standard InChI is InChI=1S/C5H7FIN/c1-8-5-2-3-7(6)4-5/h2-4,8H,1H3. The van der Waals surface area contributed by atoms with Crippen molar-refractivity contribution in [2.45, 2.75) is 0 Å². The molecular weight excluding hydrogens is 220 g/mol. The summed E-state index contributed by atoms with van der Waals surface area (Å²) in [6, 6.07) is 0. The maximum Gasteiger partial charge on any atom is 0.0460 e. The summed E-state index contributed by atoms with van der Waals surface area (Å²) in [5.74, 6) is 0. The molecule has 1 rings (SSSR count). The van der Waals surface area contributed by atoms with Crippen molar-refractivity contribution in [1.82, 2.24) is 5.32 Å². The average Bonchev–Trinajstić information content (AvgIpc) is 2.14. The van der Waals surface area contributed by atoms with Crippen molar-refractivity contribution in [1.29, 1.82) is 0 Å². The molecule has 1 nitrogen and oxygen atoms in total. The van der Waals surface area contributed by atoms with Crippen LogP contribution in [-0.4, -0.2) is 15.1 Å². The third-order valence-corrected chi connectivity index (χ3v) is 3.19. The summed E-state index contributed by atoms with van der Waals surface area (Å²) in [7, 11) is 1.80. The lowest BCUT2D eigenvalue weighted by Gasteiger charge is -1.90. The molecule has 0 aromatic rings. The summed E-state index contributed by atoms with van der Waals surface area (Å²) in [5.41, 5.74) is 0.928. The zero-order valence-corrected chi connectivity index (χ0v) is 6.65. The summed E-state index contributed by atoms with van der Waals surface area (Å²) < 4.78 is 15.7. The minimum absolute atomic E-state index is 0.928. The van der Waals surface area contributed by atoms with E-state index in [1.54, 1.807) is 21.1 Å². The molecule has 8 heavy (non-hydrogen) atoms. The highest BCUT2D eigenvalue weighted by atomic mass is 127. The van der Waals surface area contributed by atoms with E-state index in [4.69, 9.17) is 0 Å². The monoisotopic (exact) mass is 227 g/mol. The third kappa shape index (κ3) is 1.21. The lowest BCUT2D eigenvalue weighted by Crippen LogP contribution is -2.03. The van der Waals surface area contributed by atoms with Crippen molar-refractivity contribution in [3.8, 4) is 0 Å². The second kappa shape index (κ2) is 2.48. The topological polar surface area (TPSA) is 12.0 Å². The Hall–Kier alpha value is -0.0600. The average molecular weight is 227 g/mol. The molecule has 0 bridgehead atoms. The molecule has 1 N–H and O–H groups in total. The van der Waals surface area contributed by atoms with E-state index >= 15 is 0 Å². The SMILES string of the molecule is CNC1=CC=I(F)=C1. The Morgan fingerprint density at radius 1 is 1.75 bits per heavy atom. The Morgan fingerprint density at radius 2 is 2.50 bits per heavy atom. The van der Waals surface area contributed by atoms with Gasteiger partial charge in [-0.05, 0) is 10.1 Å². The molecule has 0 fully saturated rings. The van der Waals surface area contributed by atoms with Crippen LogP contribution < -0.4 is 5.32 Å². The first-order valence-corrected chi connectivity index (χ1v) is 5.55. The number of halogens is 2. The minimum atomic E-state index is -2.18. The van der Waals surface area contributed by atoms with Gasteiger partial charge < -0.3 is 5.32 Å². The smallest absolute Gasteiger partial charge is 0.0460 e. The normalized spacial score (nSPS) is 19.0. The minimum Gasteiger partial charge on any atom is -0.388 e. The summed E-state index contributed by atoms with van der Waals surface area (Å²) in [6.45, 7) is 0. The van der Waals surface area contributed by atoms with E-state index in [0.29, 0.717) is 0 Å². The van der Waals surface area contributed by atoms with Gasteiger partial charge in [-0.2, -0.15) is 2.86 Å². The molecule has 0 radical (unpaired) electrons. The maximum absolute atomic E-state index is 12.3. The lowest BCUT2D eigenvalue weighted by molar-refractivity contribution is 1.03. The summed E-state index contributed by atoms with van der Waals surface area (Å²) in [6.07, 6.45) is 1.80. The highest BCUT2D eigenvalue weighted by Gasteiger charge is 1.91. The Labute approximate surface area is 54.7 Å². The van der Waals surface area contributed by atoms with Crippen LogP contribution in [0.3, 0.4) is 0 Å². The third-order valence-electron chi connectivity index (χ3n) is 0.873. The van der Waals surface area contributed by atoms with Gasteiger partial charge in [-0.3, -0.25) is 0 Å². The van der Waals surface area contributed by atoms with E-state index < -0.39 is 19.4 Å². The summed E-state index contributed by atoms with van der Waals surface area (Å²) >= 11 is -2.18. The van der Waals surface area contributed by atoms with Crippen molar-refractivity contribution < 1.29 is 2.86 Å². The fourth-order valence-corrected chi connectivity index (χ4v) is 2.55. The van der Waals surface area contributed by atoms with Gasteiger partial charge in [0.2, 0.25) is 0 Å². The molecule has 0 atom stereocenters. The number of hydrogen-bond acceptors (Lipinski definition) is 1. The first-order valence-electron chi connectivity index (χ1n) is 2.24. The predicted octanol–water partition coefficient (Wildman–Crippen LogP) is 1.10. The van der Waals surface area contributed by atoms with Crippen LogP contribution in [0.15, 0.2) is 11.8 Å². The molecule has 3 heteroatoms. The van der Waals surface area contributed by atoms with Crippen molar-refractivity contribution in [3.63, 3.8) is 0 Å². The van der Waals surface area contributed by atoms with Crippen LogP contribution in [0.25, 0.3) is 0 Å². The van der Waals surface area contributed by atoms with Crippen molar-refractivity contribution >= 4 is 27.5 Å². The second-order valence-electron chi connectivity index (χ2n) is 1.40. The number of allylic oxidation sites excluding steroid dienone is 2. The highest BCUT2D eigenvalue weighted by molar-refractivity contribution is 14.2. The van der Waals surface area contributed by atoms with E-state index in [0.717, 1.165) is 5.70 Å². The van der Waals surface area contributed by atoms with Crippen LogP contribution in [-0.2, 0) is 0 Å². The highest BCUT2D eigenvalue weighted by Crippen LogP contribution is 2.15. The molecule has 1 aliphatic rings. The molecule has 0 saturated heterocycles. The number of nitrogens with one attached hydrogen (secondary N) is 1. The van der Waals surface area contributed by atoms with Gasteiger partial charge >= 0.3 is 0 Å². The molecule has 0 amide bonds. The van der Waals surface area contributed by atoms with Gasteiger partial charge in [0.05, 0.1) is 0 Å². The first-order chi connectivity index (χ1) is 3.83. The maximum atomic E-state index is 12.3.